The van der Waals surface area contributed by atoms with Crippen LogP contribution in [0.3, 0.4) is 0 Å². The molecule has 62 valence electrons. The van der Waals surface area contributed by atoms with Crippen LogP contribution in [0.15, 0.2) is 0 Å². The summed E-state index contributed by atoms with van der Waals surface area (Å²) in [7, 11) is 1.41. The summed E-state index contributed by atoms with van der Waals surface area (Å²) in [5.41, 5.74) is 5.70. The van der Waals surface area contributed by atoms with Gasteiger partial charge >= 0.3 is 6.09 Å². The Hall–Kier alpha value is -0.770. The van der Waals surface area contributed by atoms with Gasteiger partial charge in [-0.1, -0.05) is 0 Å². The van der Waals surface area contributed by atoms with E-state index in [1.807, 2.05) is 0 Å². The molecule has 2 fully saturated rings. The second kappa shape index (κ2) is 2.11. The van der Waals surface area contributed by atoms with Crippen LogP contribution in [0.2, 0.25) is 0 Å². The van der Waals surface area contributed by atoms with E-state index >= 15 is 0 Å². The Bertz CT molecular complexity index is 183. The number of nitrogens with zero attached hydrogens (tertiary/aromatic N) is 1. The van der Waals surface area contributed by atoms with Crippen molar-refractivity contribution in [2.24, 2.45) is 17.6 Å². The number of piperidine rings is 1. The van der Waals surface area contributed by atoms with Crippen LogP contribution in [0, 0.1) is 11.8 Å². The van der Waals surface area contributed by atoms with Crippen molar-refractivity contribution in [2.45, 2.75) is 6.04 Å². The lowest BCUT2D eigenvalue weighted by atomic mass is 10.4. The normalized spacial score (nSPS) is 40.2. The van der Waals surface area contributed by atoms with Gasteiger partial charge in [0.05, 0.1) is 7.11 Å². The summed E-state index contributed by atoms with van der Waals surface area (Å²) < 4.78 is 4.58. The van der Waals surface area contributed by atoms with Crippen LogP contribution < -0.4 is 5.73 Å². The first-order valence-electron chi connectivity index (χ1n) is 3.82. The van der Waals surface area contributed by atoms with Crippen molar-refractivity contribution < 1.29 is 9.53 Å². The molecule has 1 saturated carbocycles. The maximum atomic E-state index is 10.9. The van der Waals surface area contributed by atoms with E-state index in [1.54, 1.807) is 4.90 Å². The summed E-state index contributed by atoms with van der Waals surface area (Å²) in [6.45, 7) is 1.58. The summed E-state index contributed by atoms with van der Waals surface area (Å²) in [5.74, 6) is 1.10. The molecule has 1 unspecified atom stereocenters. The molecule has 0 spiro atoms. The Morgan fingerprint density at radius 2 is 2.09 bits per heavy atom. The third-order valence-electron chi connectivity index (χ3n) is 2.69. The van der Waals surface area contributed by atoms with Crippen molar-refractivity contribution in [3.05, 3.63) is 0 Å². The van der Waals surface area contributed by atoms with E-state index in [0.29, 0.717) is 17.9 Å². The minimum absolute atomic E-state index is 0.218. The monoisotopic (exact) mass is 156 g/mol. The predicted octanol–water partition coefficient (Wildman–Crippen LogP) is -0.358. The van der Waals surface area contributed by atoms with Gasteiger partial charge in [0.2, 0.25) is 0 Å². The molecular weight excluding hydrogens is 144 g/mol. The molecule has 1 heterocycles. The van der Waals surface area contributed by atoms with Gasteiger partial charge in [-0.25, -0.2) is 4.79 Å². The number of amides is 1. The number of ether oxygens (including phenoxy) is 1. The third-order valence-corrected chi connectivity index (χ3v) is 2.69. The van der Waals surface area contributed by atoms with Crippen molar-refractivity contribution in [1.29, 1.82) is 0 Å². The zero-order chi connectivity index (χ0) is 8.01. The smallest absolute Gasteiger partial charge is 0.409 e. The van der Waals surface area contributed by atoms with Crippen LogP contribution in [0.4, 0.5) is 4.79 Å². The van der Waals surface area contributed by atoms with Gasteiger partial charge in [0.15, 0.2) is 0 Å². The topological polar surface area (TPSA) is 55.6 Å². The first-order valence-corrected chi connectivity index (χ1v) is 3.82. The van der Waals surface area contributed by atoms with Gasteiger partial charge in [0, 0.05) is 19.1 Å². The fraction of sp³-hybridized carbons (Fsp3) is 0.857. The van der Waals surface area contributed by atoms with Crippen molar-refractivity contribution >= 4 is 6.09 Å². The molecule has 2 N–H and O–H groups in total. The number of hydrogen-bond acceptors (Lipinski definition) is 3. The highest BCUT2D eigenvalue weighted by molar-refractivity contribution is 5.68. The van der Waals surface area contributed by atoms with Gasteiger partial charge in [0.25, 0.3) is 0 Å². The largest absolute Gasteiger partial charge is 0.453 e. The first-order chi connectivity index (χ1) is 5.24. The number of carbonyl (C=O) groups is 1. The van der Waals surface area contributed by atoms with Crippen LogP contribution in [0.1, 0.15) is 0 Å². The highest BCUT2D eigenvalue weighted by Crippen LogP contribution is 2.43. The Kier molecular flexibility index (Phi) is 1.32. The van der Waals surface area contributed by atoms with Gasteiger partial charge in [-0.15, -0.1) is 0 Å². The molecule has 3 atom stereocenters. The molecule has 1 aliphatic heterocycles. The molecule has 0 bridgehead atoms. The van der Waals surface area contributed by atoms with E-state index in [-0.39, 0.29) is 6.09 Å². The van der Waals surface area contributed by atoms with Crippen LogP contribution in [-0.4, -0.2) is 37.2 Å². The molecule has 0 aromatic carbocycles. The summed E-state index contributed by atoms with van der Waals surface area (Å²) in [5, 5.41) is 0. The first kappa shape index (κ1) is 6.91. The molecule has 1 aliphatic carbocycles. The van der Waals surface area contributed by atoms with Crippen molar-refractivity contribution in [3.8, 4) is 0 Å². The summed E-state index contributed by atoms with van der Waals surface area (Å²) >= 11 is 0. The third kappa shape index (κ3) is 0.894. The number of likely N-dealkylation sites (tertiary alicyclic amines) is 1. The number of rotatable bonds is 0. The highest BCUT2D eigenvalue weighted by Gasteiger charge is 2.54. The Balaban J connectivity index is 1.90. The lowest BCUT2D eigenvalue weighted by molar-refractivity contribution is 0.128. The summed E-state index contributed by atoms with van der Waals surface area (Å²) in [6.07, 6.45) is -0.218. The van der Waals surface area contributed by atoms with E-state index in [4.69, 9.17) is 5.73 Å². The van der Waals surface area contributed by atoms with E-state index in [1.165, 1.54) is 7.11 Å². The predicted molar refractivity (Wildman–Crippen MR) is 38.9 cm³/mol. The van der Waals surface area contributed by atoms with E-state index < -0.39 is 0 Å². The molecule has 4 heteroatoms. The quantitative estimate of drug-likeness (QED) is 0.521. The minimum atomic E-state index is -0.218. The number of fused-ring (bicyclic) bond motifs is 1. The average molecular weight is 156 g/mol. The fourth-order valence-electron chi connectivity index (χ4n) is 1.85. The Morgan fingerprint density at radius 1 is 1.55 bits per heavy atom. The average Bonchev–Trinajstić information content (AvgIpc) is 2.55. The Morgan fingerprint density at radius 3 is 2.55 bits per heavy atom. The second-order valence-corrected chi connectivity index (χ2v) is 3.28. The summed E-state index contributed by atoms with van der Waals surface area (Å²) in [6, 6.07) is 0.343. The van der Waals surface area contributed by atoms with Crippen molar-refractivity contribution in [2.75, 3.05) is 20.2 Å². The molecule has 1 amide bonds. The van der Waals surface area contributed by atoms with Crippen molar-refractivity contribution in [1.82, 2.24) is 4.90 Å². The molecular formula is C7H12N2O2. The van der Waals surface area contributed by atoms with Crippen molar-refractivity contribution in [3.63, 3.8) is 0 Å². The Labute approximate surface area is 65.3 Å². The molecule has 0 radical (unpaired) electrons. The second-order valence-electron chi connectivity index (χ2n) is 3.28. The van der Waals surface area contributed by atoms with Crippen LogP contribution in [0.5, 0.6) is 0 Å². The van der Waals surface area contributed by atoms with Gasteiger partial charge < -0.3 is 15.4 Å². The fourth-order valence-corrected chi connectivity index (χ4v) is 1.85. The van der Waals surface area contributed by atoms with Gasteiger partial charge in [0.1, 0.15) is 0 Å². The van der Waals surface area contributed by atoms with E-state index in [2.05, 4.69) is 4.74 Å². The molecule has 1 saturated heterocycles. The summed E-state index contributed by atoms with van der Waals surface area (Å²) in [4.78, 5) is 12.7. The standard InChI is InChI=1S/C7H12N2O2/c1-11-7(10)9-2-4-5(3-9)6(4)8/h4-6H,2-3,8H2,1H3/t4-,5+,6?. The SMILES string of the molecule is COC(=O)N1C[C@@H]2C(N)[C@@H]2C1. The molecule has 4 nitrogen and oxygen atoms in total. The number of hydrogen-bond donors (Lipinski definition) is 1. The number of carbonyl (C=O) groups excluding carboxylic acids is 1. The van der Waals surface area contributed by atoms with Gasteiger partial charge in [-0.3, -0.25) is 0 Å². The van der Waals surface area contributed by atoms with E-state index in [0.717, 1.165) is 13.1 Å². The van der Waals surface area contributed by atoms with E-state index in [9.17, 15) is 4.79 Å². The zero-order valence-corrected chi connectivity index (χ0v) is 6.49. The molecule has 2 rings (SSSR count). The molecule has 0 aromatic heterocycles. The zero-order valence-electron chi connectivity index (χ0n) is 6.49. The van der Waals surface area contributed by atoms with Crippen LogP contribution in [0.25, 0.3) is 0 Å². The highest BCUT2D eigenvalue weighted by atomic mass is 16.5. The maximum Gasteiger partial charge on any atom is 0.409 e. The number of nitrogens with two attached hydrogens (primary N) is 1. The molecule has 11 heavy (non-hydrogen) atoms. The van der Waals surface area contributed by atoms with Crippen LogP contribution >= 0.6 is 0 Å². The van der Waals surface area contributed by atoms with Gasteiger partial charge in [-0.2, -0.15) is 0 Å². The van der Waals surface area contributed by atoms with Crippen LogP contribution in [-0.2, 0) is 4.74 Å². The lowest BCUT2D eigenvalue weighted by Crippen LogP contribution is -2.33. The lowest BCUT2D eigenvalue weighted by Gasteiger charge is -2.16. The molecule has 2 aliphatic rings. The molecule has 0 aromatic rings. The maximum absolute atomic E-state index is 10.9. The minimum Gasteiger partial charge on any atom is -0.453 e. The van der Waals surface area contributed by atoms with Gasteiger partial charge in [-0.05, 0) is 11.8 Å². The number of methoxy groups -OCH3 is 1.